The zero-order valence-corrected chi connectivity index (χ0v) is 29.5. The molecular weight excluding hydrogens is 627 g/mol. The molecule has 0 amide bonds. The molecule has 9 rings (SSSR count). The number of fused-ring (bicyclic) bond motifs is 4. The molecule has 0 unspecified atom stereocenters. The summed E-state index contributed by atoms with van der Waals surface area (Å²) in [6.45, 7) is 4.75. The molecule has 8 aromatic rings. The second-order valence-electron chi connectivity index (χ2n) is 14.1. The maximum atomic E-state index is 2.51. The number of hydrogen-bond donors (Lipinski definition) is 0. The minimum Gasteiger partial charge on any atom is -0.310 e. The fourth-order valence-corrected chi connectivity index (χ4v) is 8.34. The molecule has 0 radical (unpaired) electrons. The van der Waals surface area contributed by atoms with Crippen LogP contribution < -0.4 is 4.90 Å². The molecule has 1 aliphatic rings. The van der Waals surface area contributed by atoms with E-state index in [1.807, 2.05) is 0 Å². The highest BCUT2D eigenvalue weighted by Crippen LogP contribution is 2.54. The van der Waals surface area contributed by atoms with Crippen molar-refractivity contribution in [1.82, 2.24) is 0 Å². The van der Waals surface area contributed by atoms with Crippen LogP contribution in [0.15, 0.2) is 200 Å². The summed E-state index contributed by atoms with van der Waals surface area (Å²) < 4.78 is 0. The number of nitrogens with zero attached hydrogens (tertiary/aromatic N) is 1. The summed E-state index contributed by atoms with van der Waals surface area (Å²) >= 11 is 0. The van der Waals surface area contributed by atoms with Gasteiger partial charge in [0.1, 0.15) is 0 Å². The molecule has 1 nitrogen and oxygen atoms in total. The molecule has 0 aliphatic heterocycles. The van der Waals surface area contributed by atoms with Crippen LogP contribution in [-0.2, 0) is 5.41 Å². The van der Waals surface area contributed by atoms with Gasteiger partial charge in [-0.3, -0.25) is 0 Å². The molecule has 1 heteroatoms. The fraction of sp³-hybridized carbons (Fsp3) is 0.0588. The predicted molar refractivity (Wildman–Crippen MR) is 221 cm³/mol. The van der Waals surface area contributed by atoms with Gasteiger partial charge in [0.15, 0.2) is 0 Å². The Labute approximate surface area is 306 Å². The van der Waals surface area contributed by atoms with E-state index < -0.39 is 0 Å². The van der Waals surface area contributed by atoms with Crippen LogP contribution in [0.5, 0.6) is 0 Å². The maximum Gasteiger partial charge on any atom is 0.0540 e. The van der Waals surface area contributed by atoms with E-state index in [1.54, 1.807) is 0 Å². The van der Waals surface area contributed by atoms with Gasteiger partial charge < -0.3 is 4.90 Å². The topological polar surface area (TPSA) is 3.24 Å². The zero-order chi connectivity index (χ0) is 35.1. The maximum absolute atomic E-state index is 2.51. The van der Waals surface area contributed by atoms with Gasteiger partial charge in [0, 0.05) is 16.5 Å². The van der Waals surface area contributed by atoms with Gasteiger partial charge in [0.05, 0.1) is 11.4 Å². The van der Waals surface area contributed by atoms with Gasteiger partial charge in [-0.15, -0.1) is 0 Å². The average Bonchev–Trinajstić information content (AvgIpc) is 3.44. The number of benzene rings is 8. The first-order valence-corrected chi connectivity index (χ1v) is 18.1. The Hall–Kier alpha value is -6.44. The first kappa shape index (κ1) is 31.5. The molecule has 0 bridgehead atoms. The average molecular weight is 666 g/mol. The minimum atomic E-state index is -0.189. The third-order valence-electron chi connectivity index (χ3n) is 10.6. The molecule has 52 heavy (non-hydrogen) atoms. The zero-order valence-electron chi connectivity index (χ0n) is 29.5. The van der Waals surface area contributed by atoms with Crippen LogP contribution in [-0.4, -0.2) is 0 Å². The third-order valence-corrected chi connectivity index (χ3v) is 10.6. The van der Waals surface area contributed by atoms with E-state index >= 15 is 0 Å². The first-order valence-electron chi connectivity index (χ1n) is 18.1. The Morgan fingerprint density at radius 1 is 0.404 bits per heavy atom. The molecule has 1 aliphatic carbocycles. The van der Waals surface area contributed by atoms with E-state index in [-0.39, 0.29) is 5.41 Å². The highest BCUT2D eigenvalue weighted by Gasteiger charge is 2.39. The van der Waals surface area contributed by atoms with Gasteiger partial charge in [0.25, 0.3) is 0 Å². The van der Waals surface area contributed by atoms with Crippen molar-refractivity contribution in [2.45, 2.75) is 19.3 Å². The van der Waals surface area contributed by atoms with Crippen LogP contribution in [0.2, 0.25) is 0 Å². The molecule has 0 saturated carbocycles. The van der Waals surface area contributed by atoms with Crippen molar-refractivity contribution in [3.8, 4) is 11.1 Å². The lowest BCUT2D eigenvalue weighted by molar-refractivity contribution is 0.661. The van der Waals surface area contributed by atoms with Crippen molar-refractivity contribution in [2.75, 3.05) is 4.90 Å². The van der Waals surface area contributed by atoms with Crippen molar-refractivity contribution >= 4 is 39.0 Å². The first-order chi connectivity index (χ1) is 25.6. The normalized spacial score (nSPS) is 12.6. The van der Waals surface area contributed by atoms with Crippen molar-refractivity contribution in [2.24, 2.45) is 0 Å². The van der Waals surface area contributed by atoms with E-state index in [4.69, 9.17) is 0 Å². The van der Waals surface area contributed by atoms with Gasteiger partial charge in [-0.2, -0.15) is 0 Å². The van der Waals surface area contributed by atoms with Crippen LogP contribution in [0.4, 0.5) is 17.1 Å². The fourth-order valence-electron chi connectivity index (χ4n) is 8.34. The SMILES string of the molecule is CC1(C)c2ccccc2-c2cccc(N(c3cccc(C(=C(c4ccccc4)c4ccccc4)c4ccccc4)c3)c3cccc4ccccc34)c21. The highest BCUT2D eigenvalue weighted by atomic mass is 15.1. The Bertz CT molecular complexity index is 2530. The van der Waals surface area contributed by atoms with Gasteiger partial charge >= 0.3 is 0 Å². The third kappa shape index (κ3) is 5.34. The monoisotopic (exact) mass is 665 g/mol. The smallest absolute Gasteiger partial charge is 0.0540 e. The molecule has 0 heterocycles. The second-order valence-corrected chi connectivity index (χ2v) is 14.1. The van der Waals surface area contributed by atoms with Crippen LogP contribution in [0, 0.1) is 0 Å². The molecule has 0 spiro atoms. The molecule has 248 valence electrons. The summed E-state index contributed by atoms with van der Waals surface area (Å²) in [5.74, 6) is 0. The summed E-state index contributed by atoms with van der Waals surface area (Å²) in [5.41, 5.74) is 15.7. The van der Waals surface area contributed by atoms with Gasteiger partial charge in [-0.25, -0.2) is 0 Å². The summed E-state index contributed by atoms with van der Waals surface area (Å²) in [7, 11) is 0. The standard InChI is InChI=1S/C51H39N/c1-51(2)45-32-15-14-30-43(45)44-31-18-34-47(50(44)51)52(46-33-17-26-36-19-12-13-29-42(36)46)41-28-16-27-40(35-41)49(39-24-10-5-11-25-39)48(37-20-6-3-7-21-37)38-22-8-4-9-23-38/h3-35H,1-2H3. The van der Waals surface area contributed by atoms with Crippen molar-refractivity contribution < 1.29 is 0 Å². The van der Waals surface area contributed by atoms with Crippen molar-refractivity contribution in [3.63, 3.8) is 0 Å². The Balaban J connectivity index is 1.35. The van der Waals surface area contributed by atoms with Crippen LogP contribution in [0.25, 0.3) is 33.0 Å². The Morgan fingerprint density at radius 3 is 1.58 bits per heavy atom. The lowest BCUT2D eigenvalue weighted by Crippen LogP contribution is -2.21. The minimum absolute atomic E-state index is 0.189. The molecule has 8 aromatic carbocycles. The van der Waals surface area contributed by atoms with Gasteiger partial charge in [0.2, 0.25) is 0 Å². The molecule has 0 aromatic heterocycles. The lowest BCUT2D eigenvalue weighted by atomic mass is 9.81. The summed E-state index contributed by atoms with van der Waals surface area (Å²) in [4.78, 5) is 2.51. The molecule has 0 atom stereocenters. The number of hydrogen-bond acceptors (Lipinski definition) is 1. The second kappa shape index (κ2) is 13.0. The van der Waals surface area contributed by atoms with Crippen LogP contribution in [0.3, 0.4) is 0 Å². The summed E-state index contributed by atoms with van der Waals surface area (Å²) in [6, 6.07) is 72.8. The molecule has 0 saturated heterocycles. The van der Waals surface area contributed by atoms with Crippen molar-refractivity contribution in [1.29, 1.82) is 0 Å². The number of rotatable bonds is 7. The van der Waals surface area contributed by atoms with E-state index in [2.05, 4.69) is 219 Å². The summed E-state index contributed by atoms with van der Waals surface area (Å²) in [6.07, 6.45) is 0. The quantitative estimate of drug-likeness (QED) is 0.153. The molecule has 0 fully saturated rings. The molecular formula is C51H39N. The van der Waals surface area contributed by atoms with Gasteiger partial charge in [-0.1, -0.05) is 190 Å². The van der Waals surface area contributed by atoms with Crippen LogP contribution in [0.1, 0.15) is 47.2 Å². The van der Waals surface area contributed by atoms with E-state index in [1.165, 1.54) is 66.6 Å². The van der Waals surface area contributed by atoms with Crippen molar-refractivity contribution in [3.05, 3.63) is 234 Å². The van der Waals surface area contributed by atoms with Crippen LogP contribution >= 0.6 is 0 Å². The summed E-state index contributed by atoms with van der Waals surface area (Å²) in [5, 5.41) is 2.44. The van der Waals surface area contributed by atoms with E-state index in [0.717, 1.165) is 16.9 Å². The van der Waals surface area contributed by atoms with E-state index in [0.29, 0.717) is 0 Å². The predicted octanol–water partition coefficient (Wildman–Crippen LogP) is 13.6. The van der Waals surface area contributed by atoms with Gasteiger partial charge in [-0.05, 0) is 85.3 Å². The largest absolute Gasteiger partial charge is 0.310 e. The highest BCUT2D eigenvalue weighted by molar-refractivity contribution is 6.06. The number of anilines is 3. The Kier molecular flexibility index (Phi) is 7.90. The van der Waals surface area contributed by atoms with E-state index in [9.17, 15) is 0 Å². The Morgan fingerprint density at radius 2 is 0.885 bits per heavy atom. The lowest BCUT2D eigenvalue weighted by Gasteiger charge is -2.33. The molecule has 0 N–H and O–H groups in total.